The number of rotatable bonds is 0. The van der Waals surface area contributed by atoms with E-state index in [1.54, 1.807) is 0 Å². The Labute approximate surface area is 78.4 Å². The summed E-state index contributed by atoms with van der Waals surface area (Å²) < 4.78 is 0.817. The summed E-state index contributed by atoms with van der Waals surface area (Å²) in [5.74, 6) is 0. The van der Waals surface area contributed by atoms with Gasteiger partial charge < -0.3 is 4.98 Å². The third-order valence-corrected chi connectivity index (χ3v) is 2.56. The Morgan fingerprint density at radius 1 is 1.33 bits per heavy atom. The maximum atomic E-state index is 4.36. The van der Waals surface area contributed by atoms with Gasteiger partial charge in [-0.2, -0.15) is 0 Å². The molecule has 2 aromatic rings. The first-order valence-corrected chi connectivity index (χ1v) is 4.45. The summed E-state index contributed by atoms with van der Waals surface area (Å²) in [7, 11) is 0. The Bertz CT molecular complexity index is 433. The molecule has 0 aliphatic carbocycles. The number of aromatic amines is 1. The lowest BCUT2D eigenvalue weighted by molar-refractivity contribution is 1.13. The summed E-state index contributed by atoms with van der Waals surface area (Å²) in [6, 6.07) is 0. The topological polar surface area (TPSA) is 41.6 Å². The molecule has 4 heteroatoms. The Morgan fingerprint density at radius 3 is 2.83 bits per heavy atom. The van der Waals surface area contributed by atoms with E-state index >= 15 is 0 Å². The highest BCUT2D eigenvalue weighted by Gasteiger charge is 2.05. The highest BCUT2D eigenvalue weighted by Crippen LogP contribution is 2.18. The molecule has 0 saturated carbocycles. The van der Waals surface area contributed by atoms with E-state index in [0.717, 1.165) is 27.0 Å². The highest BCUT2D eigenvalue weighted by molar-refractivity contribution is 9.10. The number of hydrogen-bond acceptors (Lipinski definition) is 2. The number of aromatic nitrogens is 3. The normalized spacial score (nSPS) is 10.9. The van der Waals surface area contributed by atoms with Crippen LogP contribution >= 0.6 is 15.9 Å². The molecule has 2 aromatic heterocycles. The van der Waals surface area contributed by atoms with Crippen LogP contribution in [0.15, 0.2) is 10.8 Å². The second-order valence-electron chi connectivity index (χ2n) is 2.77. The van der Waals surface area contributed by atoms with Crippen molar-refractivity contribution >= 4 is 27.1 Å². The van der Waals surface area contributed by atoms with E-state index in [-0.39, 0.29) is 0 Å². The molecule has 0 bridgehead atoms. The molecule has 2 rings (SSSR count). The number of aryl methyl sites for hydroxylation is 2. The van der Waals surface area contributed by atoms with Crippen LogP contribution in [0.25, 0.3) is 11.2 Å². The van der Waals surface area contributed by atoms with E-state index in [2.05, 4.69) is 30.9 Å². The second kappa shape index (κ2) is 2.55. The predicted octanol–water partition coefficient (Wildman–Crippen LogP) is 2.34. The SMILES string of the molecule is Cc1nc2[nH]cc(C)c2nc1Br. The van der Waals surface area contributed by atoms with Crippen molar-refractivity contribution in [1.82, 2.24) is 15.0 Å². The van der Waals surface area contributed by atoms with Crippen LogP contribution in [0.5, 0.6) is 0 Å². The fourth-order valence-corrected chi connectivity index (χ4v) is 1.39. The molecule has 62 valence electrons. The van der Waals surface area contributed by atoms with Gasteiger partial charge in [0.25, 0.3) is 0 Å². The second-order valence-corrected chi connectivity index (χ2v) is 3.52. The largest absolute Gasteiger partial charge is 0.345 e. The monoisotopic (exact) mass is 225 g/mol. The van der Waals surface area contributed by atoms with Gasteiger partial charge in [0.05, 0.1) is 5.69 Å². The van der Waals surface area contributed by atoms with Gasteiger partial charge in [0.2, 0.25) is 0 Å². The summed E-state index contributed by atoms with van der Waals surface area (Å²) in [5, 5.41) is 0. The summed E-state index contributed by atoms with van der Waals surface area (Å²) in [6.07, 6.45) is 1.91. The molecule has 0 atom stereocenters. The number of nitrogens with zero attached hydrogens (tertiary/aromatic N) is 2. The molecule has 0 aliphatic heterocycles. The lowest BCUT2D eigenvalue weighted by Crippen LogP contribution is -1.88. The van der Waals surface area contributed by atoms with Crippen molar-refractivity contribution in [2.24, 2.45) is 0 Å². The van der Waals surface area contributed by atoms with Crippen LogP contribution in [0.2, 0.25) is 0 Å². The van der Waals surface area contributed by atoms with Crippen molar-refractivity contribution in [2.75, 3.05) is 0 Å². The van der Waals surface area contributed by atoms with Gasteiger partial charge in [0.15, 0.2) is 5.65 Å². The molecule has 3 nitrogen and oxygen atoms in total. The zero-order valence-corrected chi connectivity index (χ0v) is 8.44. The average molecular weight is 226 g/mol. The molecule has 0 aromatic carbocycles. The third-order valence-electron chi connectivity index (χ3n) is 1.81. The van der Waals surface area contributed by atoms with Crippen molar-refractivity contribution in [3.8, 4) is 0 Å². The lowest BCUT2D eigenvalue weighted by Gasteiger charge is -1.96. The fraction of sp³-hybridized carbons (Fsp3) is 0.250. The Kier molecular flexibility index (Phi) is 1.65. The maximum Gasteiger partial charge on any atom is 0.156 e. The molecule has 1 N–H and O–H groups in total. The average Bonchev–Trinajstić information content (AvgIpc) is 2.35. The first-order chi connectivity index (χ1) is 5.68. The van der Waals surface area contributed by atoms with Gasteiger partial charge in [0.1, 0.15) is 10.1 Å². The molecule has 2 heterocycles. The molecule has 0 fully saturated rings. The van der Waals surface area contributed by atoms with Crippen LogP contribution in [0, 0.1) is 13.8 Å². The smallest absolute Gasteiger partial charge is 0.156 e. The first-order valence-electron chi connectivity index (χ1n) is 3.66. The van der Waals surface area contributed by atoms with Crippen molar-refractivity contribution in [1.29, 1.82) is 0 Å². The van der Waals surface area contributed by atoms with E-state index in [1.807, 2.05) is 20.0 Å². The standard InChI is InChI=1S/C8H8BrN3/c1-4-3-10-8-6(4)12-7(9)5(2)11-8/h3H,1-2H3,(H,10,11). The van der Waals surface area contributed by atoms with E-state index in [1.165, 1.54) is 0 Å². The predicted molar refractivity (Wildman–Crippen MR) is 51.1 cm³/mol. The molecule has 0 saturated heterocycles. The molecular formula is C8H8BrN3. The van der Waals surface area contributed by atoms with E-state index in [9.17, 15) is 0 Å². The summed E-state index contributed by atoms with van der Waals surface area (Å²) in [6.45, 7) is 3.93. The van der Waals surface area contributed by atoms with Crippen molar-refractivity contribution in [3.63, 3.8) is 0 Å². The van der Waals surface area contributed by atoms with Crippen molar-refractivity contribution < 1.29 is 0 Å². The van der Waals surface area contributed by atoms with Gasteiger partial charge in [-0.25, -0.2) is 9.97 Å². The van der Waals surface area contributed by atoms with Crippen LogP contribution in [-0.2, 0) is 0 Å². The van der Waals surface area contributed by atoms with E-state index < -0.39 is 0 Å². The minimum atomic E-state index is 0.817. The summed E-state index contributed by atoms with van der Waals surface area (Å²) >= 11 is 3.35. The van der Waals surface area contributed by atoms with Crippen LogP contribution in [0.1, 0.15) is 11.3 Å². The quantitative estimate of drug-likeness (QED) is 0.748. The van der Waals surface area contributed by atoms with Gasteiger partial charge in [-0.1, -0.05) is 0 Å². The molecule has 0 spiro atoms. The number of H-pyrrole nitrogens is 1. The van der Waals surface area contributed by atoms with Crippen LogP contribution in [0.4, 0.5) is 0 Å². The Hall–Kier alpha value is -0.900. The number of fused-ring (bicyclic) bond motifs is 1. The van der Waals surface area contributed by atoms with Crippen molar-refractivity contribution in [2.45, 2.75) is 13.8 Å². The number of nitrogens with one attached hydrogen (secondary N) is 1. The summed E-state index contributed by atoms with van der Waals surface area (Å²) in [5.41, 5.74) is 3.82. The molecular weight excluding hydrogens is 218 g/mol. The number of halogens is 1. The van der Waals surface area contributed by atoms with Crippen LogP contribution < -0.4 is 0 Å². The highest BCUT2D eigenvalue weighted by atomic mass is 79.9. The molecule has 0 radical (unpaired) electrons. The van der Waals surface area contributed by atoms with Gasteiger partial charge in [0, 0.05) is 6.20 Å². The minimum absolute atomic E-state index is 0.817. The van der Waals surface area contributed by atoms with Gasteiger partial charge >= 0.3 is 0 Å². The molecule has 0 unspecified atom stereocenters. The molecule has 0 amide bonds. The fourth-order valence-electron chi connectivity index (χ4n) is 1.12. The van der Waals surface area contributed by atoms with Gasteiger partial charge in [-0.3, -0.25) is 0 Å². The van der Waals surface area contributed by atoms with E-state index in [0.29, 0.717) is 0 Å². The van der Waals surface area contributed by atoms with Crippen LogP contribution in [0.3, 0.4) is 0 Å². The minimum Gasteiger partial charge on any atom is -0.345 e. The van der Waals surface area contributed by atoms with Crippen LogP contribution in [-0.4, -0.2) is 15.0 Å². The van der Waals surface area contributed by atoms with Gasteiger partial charge in [-0.05, 0) is 35.3 Å². The first kappa shape index (κ1) is 7.73. The maximum absolute atomic E-state index is 4.36. The third kappa shape index (κ3) is 1.03. The van der Waals surface area contributed by atoms with Gasteiger partial charge in [-0.15, -0.1) is 0 Å². The molecule has 12 heavy (non-hydrogen) atoms. The zero-order chi connectivity index (χ0) is 8.72. The number of hydrogen-bond donors (Lipinski definition) is 1. The Balaban J connectivity index is 2.87. The van der Waals surface area contributed by atoms with Crippen molar-refractivity contribution in [3.05, 3.63) is 22.1 Å². The lowest BCUT2D eigenvalue weighted by atomic mass is 10.3. The zero-order valence-electron chi connectivity index (χ0n) is 6.85. The summed E-state index contributed by atoms with van der Waals surface area (Å²) in [4.78, 5) is 11.8. The Morgan fingerprint density at radius 2 is 2.08 bits per heavy atom. The van der Waals surface area contributed by atoms with E-state index in [4.69, 9.17) is 0 Å². The molecule has 0 aliphatic rings.